The van der Waals surface area contributed by atoms with Gasteiger partial charge in [0.15, 0.2) is 0 Å². The Bertz CT molecular complexity index is 1260. The van der Waals surface area contributed by atoms with Crippen molar-refractivity contribution in [2.24, 2.45) is 11.8 Å². The lowest BCUT2D eigenvalue weighted by atomic mass is 9.80. The second-order valence-electron chi connectivity index (χ2n) is 9.35. The van der Waals surface area contributed by atoms with E-state index in [4.69, 9.17) is 4.74 Å². The smallest absolute Gasteiger partial charge is 0.303 e. The number of aromatic nitrogens is 1. The number of halogens is 2. The number of carboxylic acids is 1. The largest absolute Gasteiger partial charge is 0.497 e. The van der Waals surface area contributed by atoms with Gasteiger partial charge in [0.25, 0.3) is 0 Å². The molecule has 7 heteroatoms. The zero-order chi connectivity index (χ0) is 25.5. The lowest BCUT2D eigenvalue weighted by Gasteiger charge is -2.37. The summed E-state index contributed by atoms with van der Waals surface area (Å²) in [6, 6.07) is 11.2. The van der Waals surface area contributed by atoms with Gasteiger partial charge in [0.2, 0.25) is 0 Å². The van der Waals surface area contributed by atoms with Crippen molar-refractivity contribution >= 4 is 16.9 Å². The van der Waals surface area contributed by atoms with Gasteiger partial charge in [-0.3, -0.25) is 14.7 Å². The fourth-order valence-corrected chi connectivity index (χ4v) is 5.10. The molecule has 188 valence electrons. The molecule has 0 radical (unpaired) electrons. The minimum Gasteiger partial charge on any atom is -0.497 e. The molecule has 0 spiro atoms. The Kier molecular flexibility index (Phi) is 8.50. The van der Waals surface area contributed by atoms with E-state index in [-0.39, 0.29) is 12.3 Å². The molecule has 1 fully saturated rings. The predicted octanol–water partition coefficient (Wildman–Crippen LogP) is 5.31. The van der Waals surface area contributed by atoms with Crippen LogP contribution in [-0.2, 0) is 11.2 Å². The lowest BCUT2D eigenvalue weighted by molar-refractivity contribution is -0.139. The van der Waals surface area contributed by atoms with Crippen LogP contribution in [0.3, 0.4) is 0 Å². The lowest BCUT2D eigenvalue weighted by Crippen LogP contribution is -2.41. The normalized spacial score (nSPS) is 18.0. The molecule has 3 aromatic rings. The molecule has 36 heavy (non-hydrogen) atoms. The molecule has 0 aliphatic carbocycles. The quantitative estimate of drug-likeness (QED) is 0.432. The molecule has 2 aromatic carbocycles. The molecule has 5 nitrogen and oxygen atoms in total. The molecular weight excluding hydrogens is 462 g/mol. The first-order chi connectivity index (χ1) is 17.4. The van der Waals surface area contributed by atoms with Gasteiger partial charge in [0.05, 0.1) is 19.2 Å². The number of benzene rings is 2. The molecule has 0 saturated carbocycles. The van der Waals surface area contributed by atoms with E-state index >= 15 is 0 Å². The van der Waals surface area contributed by atoms with Gasteiger partial charge in [-0.2, -0.15) is 0 Å². The Morgan fingerprint density at radius 1 is 1.17 bits per heavy atom. The topological polar surface area (TPSA) is 62.7 Å². The SMILES string of the molecule is COc1ccc2nccc(CCC[C@@H]3CCN(CC#Cc4cc(F)cc(F)c4)C[C@@H]3CC(=O)O)c2c1. The molecule has 2 heterocycles. The summed E-state index contributed by atoms with van der Waals surface area (Å²) in [5, 5.41) is 10.6. The third-order valence-electron chi connectivity index (χ3n) is 6.87. The Morgan fingerprint density at radius 2 is 1.97 bits per heavy atom. The number of methoxy groups -OCH3 is 1. The maximum absolute atomic E-state index is 13.4. The summed E-state index contributed by atoms with van der Waals surface area (Å²) < 4.78 is 32.1. The Balaban J connectivity index is 1.35. The van der Waals surface area contributed by atoms with Crippen molar-refractivity contribution in [3.05, 3.63) is 71.4 Å². The Morgan fingerprint density at radius 3 is 2.72 bits per heavy atom. The van der Waals surface area contributed by atoms with Gasteiger partial charge in [-0.05, 0) is 86.0 Å². The van der Waals surface area contributed by atoms with Crippen molar-refractivity contribution < 1.29 is 23.4 Å². The van der Waals surface area contributed by atoms with Crippen LogP contribution in [0.1, 0.15) is 36.8 Å². The first-order valence-electron chi connectivity index (χ1n) is 12.2. The molecular formula is C29H30F2N2O3. The first-order valence-corrected chi connectivity index (χ1v) is 12.2. The van der Waals surface area contributed by atoms with Crippen molar-refractivity contribution in [2.75, 3.05) is 26.7 Å². The second kappa shape index (κ2) is 12.0. The van der Waals surface area contributed by atoms with Gasteiger partial charge in [-0.15, -0.1) is 0 Å². The molecule has 2 atom stereocenters. The predicted molar refractivity (Wildman–Crippen MR) is 135 cm³/mol. The number of carbonyl (C=O) groups is 1. The zero-order valence-corrected chi connectivity index (χ0v) is 20.3. The number of fused-ring (bicyclic) bond motifs is 1. The van der Waals surface area contributed by atoms with Crippen LogP contribution in [0.5, 0.6) is 5.75 Å². The standard InChI is InChI=1S/C29H30F2N2O3/c1-36-26-7-8-28-27(18-26)22(9-11-32-28)6-2-5-21-10-13-33(19-23(21)16-29(34)35)12-3-4-20-14-24(30)17-25(31)15-20/h7-9,11,14-15,17-18,21,23H,2,5-6,10,12-13,16,19H2,1H3,(H,34,35)/t21-,23+/m1/s1. The number of rotatable bonds is 8. The first kappa shape index (κ1) is 25.6. The molecule has 1 aromatic heterocycles. The summed E-state index contributed by atoms with van der Waals surface area (Å²) in [6.07, 6.45) is 5.66. The minimum atomic E-state index is -0.791. The van der Waals surface area contributed by atoms with Gasteiger partial charge in [0.1, 0.15) is 17.4 Å². The fraction of sp³-hybridized carbons (Fsp3) is 0.379. The van der Waals surface area contributed by atoms with E-state index in [2.05, 4.69) is 21.7 Å². The number of aliphatic carboxylic acids is 1. The molecule has 4 rings (SSSR count). The average Bonchev–Trinajstić information content (AvgIpc) is 2.84. The van der Waals surface area contributed by atoms with Crippen molar-refractivity contribution in [1.29, 1.82) is 0 Å². The number of piperidine rings is 1. The van der Waals surface area contributed by atoms with Crippen molar-refractivity contribution in [1.82, 2.24) is 9.88 Å². The van der Waals surface area contributed by atoms with Gasteiger partial charge >= 0.3 is 5.97 Å². The highest BCUT2D eigenvalue weighted by atomic mass is 19.1. The third-order valence-corrected chi connectivity index (χ3v) is 6.87. The van der Waals surface area contributed by atoms with E-state index in [9.17, 15) is 18.7 Å². The van der Waals surface area contributed by atoms with Crippen LogP contribution in [0.4, 0.5) is 8.78 Å². The number of likely N-dealkylation sites (tertiary alicyclic amines) is 1. The molecule has 1 aliphatic rings. The van der Waals surface area contributed by atoms with Crippen LogP contribution in [0.2, 0.25) is 0 Å². The van der Waals surface area contributed by atoms with Crippen LogP contribution >= 0.6 is 0 Å². The van der Waals surface area contributed by atoms with Crippen LogP contribution in [0.25, 0.3) is 10.9 Å². The van der Waals surface area contributed by atoms with Crippen molar-refractivity contribution in [2.45, 2.75) is 32.1 Å². The maximum Gasteiger partial charge on any atom is 0.303 e. The average molecular weight is 493 g/mol. The van der Waals surface area contributed by atoms with E-state index in [0.717, 1.165) is 54.9 Å². The van der Waals surface area contributed by atoms with Crippen LogP contribution in [0.15, 0.2) is 48.7 Å². The van der Waals surface area contributed by atoms with Crippen molar-refractivity contribution in [3.63, 3.8) is 0 Å². The van der Waals surface area contributed by atoms with Gasteiger partial charge in [-0.1, -0.05) is 11.8 Å². The summed E-state index contributed by atoms with van der Waals surface area (Å²) in [5.41, 5.74) is 2.45. The molecule has 0 bridgehead atoms. The van der Waals surface area contributed by atoms with E-state index in [1.54, 1.807) is 7.11 Å². The number of nitrogens with zero attached hydrogens (tertiary/aromatic N) is 2. The van der Waals surface area contributed by atoms with Crippen LogP contribution in [0, 0.1) is 35.3 Å². The molecule has 1 saturated heterocycles. The van der Waals surface area contributed by atoms with E-state index < -0.39 is 17.6 Å². The van der Waals surface area contributed by atoms with Gasteiger partial charge < -0.3 is 9.84 Å². The van der Waals surface area contributed by atoms with Crippen molar-refractivity contribution in [3.8, 4) is 17.6 Å². The highest BCUT2D eigenvalue weighted by Gasteiger charge is 2.30. The zero-order valence-electron chi connectivity index (χ0n) is 20.3. The third kappa shape index (κ3) is 6.79. The van der Waals surface area contributed by atoms with E-state index in [1.165, 1.54) is 17.7 Å². The van der Waals surface area contributed by atoms with Crippen LogP contribution in [-0.4, -0.2) is 47.7 Å². The Labute approximate surface area is 210 Å². The summed E-state index contributed by atoms with van der Waals surface area (Å²) in [5.74, 6) is 4.87. The summed E-state index contributed by atoms with van der Waals surface area (Å²) in [7, 11) is 1.65. The fourth-order valence-electron chi connectivity index (χ4n) is 5.10. The summed E-state index contributed by atoms with van der Waals surface area (Å²) in [4.78, 5) is 18.1. The molecule has 1 aliphatic heterocycles. The number of hydrogen-bond donors (Lipinski definition) is 1. The molecule has 0 amide bonds. The van der Waals surface area contributed by atoms with Gasteiger partial charge in [0, 0.05) is 36.2 Å². The van der Waals surface area contributed by atoms with Crippen LogP contribution < -0.4 is 4.74 Å². The minimum absolute atomic E-state index is 0.0407. The monoisotopic (exact) mass is 492 g/mol. The van der Waals surface area contributed by atoms with E-state index in [1.807, 2.05) is 30.5 Å². The molecule has 1 N–H and O–H groups in total. The number of pyridine rings is 1. The number of ether oxygens (including phenoxy) is 1. The Hall–Kier alpha value is -3.50. The number of aryl methyl sites for hydroxylation is 1. The number of carboxylic acid groups (broad SMARTS) is 1. The number of hydrogen-bond acceptors (Lipinski definition) is 4. The van der Waals surface area contributed by atoms with Gasteiger partial charge in [-0.25, -0.2) is 8.78 Å². The highest BCUT2D eigenvalue weighted by molar-refractivity contribution is 5.83. The summed E-state index contributed by atoms with van der Waals surface area (Å²) in [6.45, 7) is 1.91. The highest BCUT2D eigenvalue weighted by Crippen LogP contribution is 2.31. The second-order valence-corrected chi connectivity index (χ2v) is 9.35. The summed E-state index contributed by atoms with van der Waals surface area (Å²) >= 11 is 0. The maximum atomic E-state index is 13.4. The molecule has 0 unspecified atom stereocenters. The van der Waals surface area contributed by atoms with E-state index in [0.29, 0.717) is 24.6 Å².